The molecule has 16 heavy (non-hydrogen) atoms. The van der Waals surface area contributed by atoms with Crippen LogP contribution >= 0.6 is 0 Å². The zero-order valence-corrected chi connectivity index (χ0v) is 9.00. The van der Waals surface area contributed by atoms with Crippen molar-refractivity contribution >= 4 is 11.9 Å². The van der Waals surface area contributed by atoms with E-state index >= 15 is 0 Å². The Balaban J connectivity index is 1.63. The zero-order valence-electron chi connectivity index (χ0n) is 9.00. The van der Waals surface area contributed by atoms with Crippen molar-refractivity contribution in [3.8, 4) is 0 Å². The Morgan fingerprint density at radius 3 is 1.12 bits per heavy atom. The van der Waals surface area contributed by atoms with Crippen LogP contribution in [0.1, 0.15) is 25.7 Å². The molecule has 0 bridgehead atoms. The minimum Gasteiger partial charge on any atom is -0.481 e. The van der Waals surface area contributed by atoms with Gasteiger partial charge in [-0.15, -0.1) is 0 Å². The van der Waals surface area contributed by atoms with Crippen molar-refractivity contribution in [3.05, 3.63) is 0 Å². The van der Waals surface area contributed by atoms with Gasteiger partial charge in [0, 0.05) is 0 Å². The number of hydrogen-bond acceptors (Lipinski definition) is 2. The van der Waals surface area contributed by atoms with Crippen LogP contribution < -0.4 is 0 Å². The third-order valence-electron chi connectivity index (χ3n) is 4.90. The van der Waals surface area contributed by atoms with Crippen LogP contribution in [0.4, 0.5) is 0 Å². The Labute approximate surface area is 93.6 Å². The van der Waals surface area contributed by atoms with Gasteiger partial charge in [0.1, 0.15) is 0 Å². The first-order valence-electron chi connectivity index (χ1n) is 6.07. The summed E-state index contributed by atoms with van der Waals surface area (Å²) >= 11 is 0. The van der Waals surface area contributed by atoms with Crippen LogP contribution in [0.15, 0.2) is 0 Å². The Morgan fingerprint density at radius 2 is 0.938 bits per heavy atom. The van der Waals surface area contributed by atoms with E-state index < -0.39 is 11.9 Å². The van der Waals surface area contributed by atoms with Crippen molar-refractivity contribution in [3.63, 3.8) is 0 Å². The van der Waals surface area contributed by atoms with Gasteiger partial charge in [0.2, 0.25) is 0 Å². The summed E-state index contributed by atoms with van der Waals surface area (Å²) in [5.41, 5.74) is 0. The van der Waals surface area contributed by atoms with E-state index in [0.29, 0.717) is 23.7 Å². The van der Waals surface area contributed by atoms with Crippen LogP contribution in [0.25, 0.3) is 0 Å². The van der Waals surface area contributed by atoms with E-state index in [9.17, 15) is 9.59 Å². The Morgan fingerprint density at radius 1 is 0.688 bits per heavy atom. The molecule has 0 saturated heterocycles. The van der Waals surface area contributed by atoms with Crippen molar-refractivity contribution in [2.24, 2.45) is 35.5 Å². The minimum atomic E-state index is -0.652. The molecule has 3 aliphatic rings. The van der Waals surface area contributed by atoms with Gasteiger partial charge in [-0.2, -0.15) is 0 Å². The molecule has 88 valence electrons. The zero-order chi connectivity index (χ0) is 11.4. The fourth-order valence-corrected chi connectivity index (χ4v) is 3.97. The number of aliphatic carboxylic acids is 2. The molecule has 3 aliphatic carbocycles. The summed E-state index contributed by atoms with van der Waals surface area (Å²) < 4.78 is 0. The molecule has 3 saturated carbocycles. The summed E-state index contributed by atoms with van der Waals surface area (Å²) in [6, 6.07) is 0. The number of fused-ring (bicyclic) bond motifs is 2. The number of carboxylic acid groups (broad SMARTS) is 2. The first-order valence-corrected chi connectivity index (χ1v) is 6.07. The minimum absolute atomic E-state index is 0.124. The molecule has 4 nitrogen and oxygen atoms in total. The molecule has 0 aromatic rings. The topological polar surface area (TPSA) is 74.6 Å². The predicted octanol–water partition coefficient (Wildman–Crippen LogP) is 1.45. The van der Waals surface area contributed by atoms with Gasteiger partial charge < -0.3 is 10.2 Å². The third-order valence-corrected chi connectivity index (χ3v) is 4.90. The molecule has 0 amide bonds. The number of rotatable bonds is 2. The van der Waals surface area contributed by atoms with Crippen LogP contribution in [0.5, 0.6) is 0 Å². The molecular formula is C12H16O4. The van der Waals surface area contributed by atoms with Crippen molar-refractivity contribution < 1.29 is 19.8 Å². The lowest BCUT2D eigenvalue weighted by atomic mass is 10.0. The molecule has 0 aliphatic heterocycles. The highest BCUT2D eigenvalue weighted by molar-refractivity contribution is 5.75. The van der Waals surface area contributed by atoms with Crippen LogP contribution in [-0.4, -0.2) is 22.2 Å². The molecule has 4 atom stereocenters. The van der Waals surface area contributed by atoms with Gasteiger partial charge in [0.15, 0.2) is 0 Å². The first-order chi connectivity index (χ1) is 7.61. The second kappa shape index (κ2) is 3.22. The van der Waals surface area contributed by atoms with Crippen LogP contribution in [0.2, 0.25) is 0 Å². The van der Waals surface area contributed by atoms with E-state index in [1.54, 1.807) is 0 Å². The maximum absolute atomic E-state index is 10.9. The van der Waals surface area contributed by atoms with Gasteiger partial charge in [-0.3, -0.25) is 9.59 Å². The number of hydrogen-bond donors (Lipinski definition) is 2. The molecule has 3 fully saturated rings. The second-order valence-corrected chi connectivity index (χ2v) is 5.54. The summed E-state index contributed by atoms with van der Waals surface area (Å²) in [6.45, 7) is 0. The average molecular weight is 224 g/mol. The van der Waals surface area contributed by atoms with Crippen LogP contribution in [0.3, 0.4) is 0 Å². The number of carboxylic acids is 2. The predicted molar refractivity (Wildman–Crippen MR) is 54.7 cm³/mol. The molecule has 0 aromatic carbocycles. The average Bonchev–Trinajstić information content (AvgIpc) is 3.00. The highest BCUT2D eigenvalue weighted by Gasteiger charge is 2.61. The molecule has 0 aromatic heterocycles. The largest absolute Gasteiger partial charge is 0.481 e. The summed E-state index contributed by atoms with van der Waals surface area (Å²) in [4.78, 5) is 21.8. The summed E-state index contributed by atoms with van der Waals surface area (Å²) in [6.07, 6.45) is 3.69. The quantitative estimate of drug-likeness (QED) is 0.744. The lowest BCUT2D eigenvalue weighted by Gasteiger charge is -2.04. The van der Waals surface area contributed by atoms with Gasteiger partial charge in [0.25, 0.3) is 0 Å². The van der Waals surface area contributed by atoms with E-state index in [1.165, 1.54) is 0 Å². The molecule has 0 radical (unpaired) electrons. The van der Waals surface area contributed by atoms with Gasteiger partial charge in [0.05, 0.1) is 11.8 Å². The molecule has 2 N–H and O–H groups in total. The molecule has 0 heterocycles. The molecule has 3 rings (SSSR count). The third kappa shape index (κ3) is 1.35. The number of carbonyl (C=O) groups is 2. The molecule has 4 heteroatoms. The monoisotopic (exact) mass is 224 g/mol. The van der Waals surface area contributed by atoms with Crippen molar-refractivity contribution in [1.29, 1.82) is 0 Å². The highest BCUT2D eigenvalue weighted by Crippen LogP contribution is 2.61. The van der Waals surface area contributed by atoms with Crippen molar-refractivity contribution in [2.45, 2.75) is 25.7 Å². The standard InChI is InChI=1S/C12H16O4/c13-11(14)9-5-1-2-6-8(4-3-7(5)9)10(6)12(15)16/h5-10H,1-4H2,(H,13,14)(H,15,16). The van der Waals surface area contributed by atoms with E-state index in [4.69, 9.17) is 10.2 Å². The molecule has 0 spiro atoms. The molecule has 4 unspecified atom stereocenters. The van der Waals surface area contributed by atoms with Gasteiger partial charge >= 0.3 is 11.9 Å². The lowest BCUT2D eigenvalue weighted by molar-refractivity contribution is -0.140. The van der Waals surface area contributed by atoms with E-state index in [1.807, 2.05) is 0 Å². The lowest BCUT2D eigenvalue weighted by Crippen LogP contribution is -2.03. The Bertz CT molecular complexity index is 297. The van der Waals surface area contributed by atoms with Gasteiger partial charge in [-0.1, -0.05) is 0 Å². The van der Waals surface area contributed by atoms with E-state index in [-0.39, 0.29) is 11.8 Å². The fraction of sp³-hybridized carbons (Fsp3) is 0.833. The van der Waals surface area contributed by atoms with Gasteiger partial charge in [-0.25, -0.2) is 0 Å². The maximum Gasteiger partial charge on any atom is 0.307 e. The van der Waals surface area contributed by atoms with Gasteiger partial charge in [-0.05, 0) is 49.4 Å². The van der Waals surface area contributed by atoms with Crippen LogP contribution in [-0.2, 0) is 9.59 Å². The smallest absolute Gasteiger partial charge is 0.307 e. The summed E-state index contributed by atoms with van der Waals surface area (Å²) in [5, 5.41) is 18.0. The molecular weight excluding hydrogens is 208 g/mol. The summed E-state index contributed by atoms with van der Waals surface area (Å²) in [5.74, 6) is -0.189. The Hall–Kier alpha value is -1.06. The Kier molecular flexibility index (Phi) is 2.03. The maximum atomic E-state index is 10.9. The fourth-order valence-electron chi connectivity index (χ4n) is 3.97. The first kappa shape index (κ1) is 10.1. The normalized spacial score (nSPS) is 49.2. The second-order valence-electron chi connectivity index (χ2n) is 5.54. The van der Waals surface area contributed by atoms with Crippen molar-refractivity contribution in [1.82, 2.24) is 0 Å². The van der Waals surface area contributed by atoms with Crippen molar-refractivity contribution in [2.75, 3.05) is 0 Å². The SMILES string of the molecule is O=C(O)C1C2CCC3C(CCC21)C3C(=O)O. The van der Waals surface area contributed by atoms with E-state index in [0.717, 1.165) is 25.7 Å². The summed E-state index contributed by atoms with van der Waals surface area (Å²) in [7, 11) is 0. The van der Waals surface area contributed by atoms with E-state index in [2.05, 4.69) is 0 Å². The highest BCUT2D eigenvalue weighted by atomic mass is 16.4. The van der Waals surface area contributed by atoms with Crippen LogP contribution in [0, 0.1) is 35.5 Å².